The number of aldehydes is 1. The smallest absolute Gasteiger partial charge is 0.153 e. The standard InChI is InChI=1S/C13H16FNO3/c1-15-4-5-17-12(7-15)9-18-13-3-2-11(14)6-10(13)8-16/h2-3,6,8,12H,4-5,7,9H2,1H3. The van der Waals surface area contributed by atoms with E-state index in [-0.39, 0.29) is 11.7 Å². The molecule has 1 aliphatic heterocycles. The van der Waals surface area contributed by atoms with E-state index >= 15 is 0 Å². The summed E-state index contributed by atoms with van der Waals surface area (Å²) in [5.41, 5.74) is 0.221. The van der Waals surface area contributed by atoms with Gasteiger partial charge in [-0.15, -0.1) is 0 Å². The minimum absolute atomic E-state index is 0.0201. The summed E-state index contributed by atoms with van der Waals surface area (Å²) in [6.07, 6.45) is 0.569. The fraction of sp³-hybridized carbons (Fsp3) is 0.462. The van der Waals surface area contributed by atoms with Crippen LogP contribution >= 0.6 is 0 Å². The second kappa shape index (κ2) is 5.93. The molecule has 0 bridgehead atoms. The van der Waals surface area contributed by atoms with Crippen LogP contribution in [0.3, 0.4) is 0 Å². The second-order valence-corrected chi connectivity index (χ2v) is 4.37. The van der Waals surface area contributed by atoms with Gasteiger partial charge in [0.05, 0.1) is 12.2 Å². The molecule has 0 saturated carbocycles. The first-order chi connectivity index (χ1) is 8.69. The lowest BCUT2D eigenvalue weighted by Gasteiger charge is -2.29. The van der Waals surface area contributed by atoms with E-state index in [9.17, 15) is 9.18 Å². The number of hydrogen-bond acceptors (Lipinski definition) is 4. The highest BCUT2D eigenvalue weighted by atomic mass is 19.1. The number of hydrogen-bond donors (Lipinski definition) is 0. The van der Waals surface area contributed by atoms with Crippen molar-refractivity contribution in [3.05, 3.63) is 29.6 Å². The summed E-state index contributed by atoms with van der Waals surface area (Å²) in [6.45, 7) is 2.73. The van der Waals surface area contributed by atoms with Gasteiger partial charge < -0.3 is 14.4 Å². The minimum atomic E-state index is -0.446. The van der Waals surface area contributed by atoms with E-state index < -0.39 is 5.82 Å². The van der Waals surface area contributed by atoms with Crippen molar-refractivity contribution in [3.8, 4) is 5.75 Å². The fourth-order valence-electron chi connectivity index (χ4n) is 1.89. The third kappa shape index (κ3) is 3.27. The number of nitrogens with zero attached hydrogens (tertiary/aromatic N) is 1. The SMILES string of the molecule is CN1CCOC(COc2ccc(F)cc2C=O)C1. The lowest BCUT2D eigenvalue weighted by atomic mass is 10.2. The van der Waals surface area contributed by atoms with E-state index in [4.69, 9.17) is 9.47 Å². The van der Waals surface area contributed by atoms with Crippen molar-refractivity contribution in [1.82, 2.24) is 4.90 Å². The van der Waals surface area contributed by atoms with E-state index in [1.165, 1.54) is 12.1 Å². The predicted octanol–water partition coefficient (Wildman–Crippen LogP) is 1.35. The first-order valence-corrected chi connectivity index (χ1v) is 5.86. The molecule has 0 radical (unpaired) electrons. The van der Waals surface area contributed by atoms with Crippen LogP contribution in [0.4, 0.5) is 4.39 Å². The zero-order valence-electron chi connectivity index (χ0n) is 10.3. The maximum Gasteiger partial charge on any atom is 0.153 e. The maximum atomic E-state index is 12.9. The van der Waals surface area contributed by atoms with Gasteiger partial charge in [0, 0.05) is 13.1 Å². The minimum Gasteiger partial charge on any atom is -0.490 e. The Balaban J connectivity index is 1.95. The molecule has 1 unspecified atom stereocenters. The van der Waals surface area contributed by atoms with Gasteiger partial charge in [0.15, 0.2) is 6.29 Å². The quantitative estimate of drug-likeness (QED) is 0.759. The van der Waals surface area contributed by atoms with Crippen LogP contribution in [-0.4, -0.2) is 50.6 Å². The molecule has 1 atom stereocenters. The first kappa shape index (κ1) is 13.0. The van der Waals surface area contributed by atoms with Gasteiger partial charge in [-0.2, -0.15) is 0 Å². The molecule has 1 aliphatic rings. The Labute approximate surface area is 105 Å². The number of carbonyl (C=O) groups excluding carboxylic acids is 1. The summed E-state index contributed by atoms with van der Waals surface area (Å²) < 4.78 is 24.0. The predicted molar refractivity (Wildman–Crippen MR) is 64.5 cm³/mol. The molecule has 4 nitrogen and oxygen atoms in total. The number of benzene rings is 1. The number of morpholine rings is 1. The van der Waals surface area contributed by atoms with E-state index in [0.717, 1.165) is 19.2 Å². The van der Waals surface area contributed by atoms with Crippen molar-refractivity contribution < 1.29 is 18.7 Å². The Morgan fingerprint density at radius 2 is 2.44 bits per heavy atom. The monoisotopic (exact) mass is 253 g/mol. The highest BCUT2D eigenvalue weighted by Crippen LogP contribution is 2.18. The van der Waals surface area contributed by atoms with E-state index in [1.807, 2.05) is 7.05 Å². The summed E-state index contributed by atoms with van der Waals surface area (Å²) in [5, 5.41) is 0. The Kier molecular flexibility index (Phi) is 4.28. The van der Waals surface area contributed by atoms with Gasteiger partial charge >= 0.3 is 0 Å². The van der Waals surface area contributed by atoms with Crippen molar-refractivity contribution in [2.45, 2.75) is 6.10 Å². The summed E-state index contributed by atoms with van der Waals surface area (Å²) in [5.74, 6) is -0.0543. The molecule has 1 aromatic rings. The molecule has 1 saturated heterocycles. The topological polar surface area (TPSA) is 38.8 Å². The van der Waals surface area contributed by atoms with Gasteiger partial charge in [-0.25, -0.2) is 4.39 Å². The fourth-order valence-corrected chi connectivity index (χ4v) is 1.89. The van der Waals surface area contributed by atoms with Gasteiger partial charge in [-0.05, 0) is 25.2 Å². The van der Waals surface area contributed by atoms with Gasteiger partial charge in [-0.1, -0.05) is 0 Å². The van der Waals surface area contributed by atoms with Crippen molar-refractivity contribution >= 4 is 6.29 Å². The van der Waals surface area contributed by atoms with E-state index in [2.05, 4.69) is 4.90 Å². The average Bonchev–Trinajstić information content (AvgIpc) is 2.37. The van der Waals surface area contributed by atoms with E-state index in [1.54, 1.807) is 0 Å². The Morgan fingerprint density at radius 1 is 1.61 bits per heavy atom. The lowest BCUT2D eigenvalue weighted by molar-refractivity contribution is -0.0404. The Morgan fingerprint density at radius 3 is 3.17 bits per heavy atom. The highest BCUT2D eigenvalue weighted by molar-refractivity contribution is 5.79. The van der Waals surface area contributed by atoms with Crippen molar-refractivity contribution in [1.29, 1.82) is 0 Å². The lowest BCUT2D eigenvalue weighted by Crippen LogP contribution is -2.42. The van der Waals surface area contributed by atoms with Gasteiger partial charge in [0.2, 0.25) is 0 Å². The van der Waals surface area contributed by atoms with Crippen molar-refractivity contribution in [3.63, 3.8) is 0 Å². The molecule has 1 heterocycles. The summed E-state index contributed by atoms with van der Waals surface area (Å²) >= 11 is 0. The number of carbonyl (C=O) groups is 1. The van der Waals surface area contributed by atoms with Crippen LogP contribution in [0.5, 0.6) is 5.75 Å². The molecule has 18 heavy (non-hydrogen) atoms. The van der Waals surface area contributed by atoms with Crippen LogP contribution in [0.2, 0.25) is 0 Å². The summed E-state index contributed by atoms with van der Waals surface area (Å²) in [6, 6.07) is 3.90. The van der Waals surface area contributed by atoms with Gasteiger partial charge in [-0.3, -0.25) is 4.79 Å². The van der Waals surface area contributed by atoms with Crippen LogP contribution in [0.1, 0.15) is 10.4 Å². The molecule has 0 aromatic heterocycles. The van der Waals surface area contributed by atoms with Crippen LogP contribution < -0.4 is 4.74 Å². The molecular weight excluding hydrogens is 237 g/mol. The molecular formula is C13H16FNO3. The second-order valence-electron chi connectivity index (χ2n) is 4.37. The normalized spacial score (nSPS) is 20.7. The van der Waals surface area contributed by atoms with Crippen LogP contribution in [0.15, 0.2) is 18.2 Å². The molecule has 0 spiro atoms. The molecule has 2 rings (SSSR count). The first-order valence-electron chi connectivity index (χ1n) is 5.86. The van der Waals surface area contributed by atoms with Crippen LogP contribution in [0.25, 0.3) is 0 Å². The largest absolute Gasteiger partial charge is 0.490 e. The molecule has 0 amide bonds. The van der Waals surface area contributed by atoms with E-state index in [0.29, 0.717) is 25.2 Å². The summed E-state index contributed by atoms with van der Waals surface area (Å²) in [4.78, 5) is 13.0. The van der Waals surface area contributed by atoms with Gasteiger partial charge in [0.1, 0.15) is 24.3 Å². The molecule has 0 N–H and O–H groups in total. The number of rotatable bonds is 4. The zero-order chi connectivity index (χ0) is 13.0. The molecule has 1 aromatic carbocycles. The zero-order valence-corrected chi connectivity index (χ0v) is 10.3. The molecule has 98 valence electrons. The van der Waals surface area contributed by atoms with Crippen molar-refractivity contribution in [2.75, 3.05) is 33.4 Å². The third-order valence-electron chi connectivity index (χ3n) is 2.87. The maximum absolute atomic E-state index is 12.9. The van der Waals surface area contributed by atoms with Crippen LogP contribution in [0, 0.1) is 5.82 Å². The summed E-state index contributed by atoms with van der Waals surface area (Å²) in [7, 11) is 2.02. The Bertz CT molecular complexity index is 425. The number of likely N-dealkylation sites (N-methyl/N-ethyl adjacent to an activating group) is 1. The molecule has 5 heteroatoms. The molecule has 1 fully saturated rings. The van der Waals surface area contributed by atoms with Gasteiger partial charge in [0.25, 0.3) is 0 Å². The Hall–Kier alpha value is -1.46. The van der Waals surface area contributed by atoms with Crippen molar-refractivity contribution in [2.24, 2.45) is 0 Å². The third-order valence-corrected chi connectivity index (χ3v) is 2.87. The number of halogens is 1. The average molecular weight is 253 g/mol. The highest BCUT2D eigenvalue weighted by Gasteiger charge is 2.18. The molecule has 0 aliphatic carbocycles. The number of ether oxygens (including phenoxy) is 2. The van der Waals surface area contributed by atoms with Crippen LogP contribution in [-0.2, 0) is 4.74 Å².